The zero-order valence-electron chi connectivity index (χ0n) is 9.97. The Morgan fingerprint density at radius 3 is 2.65 bits per heavy atom. The lowest BCUT2D eigenvalue weighted by Crippen LogP contribution is -2.30. The number of carboxylic acids is 1. The minimum absolute atomic E-state index is 0.373. The second-order valence-electron chi connectivity index (χ2n) is 3.66. The Balaban J connectivity index is 2.73. The molecule has 1 aromatic rings. The number of hydrogen-bond donors (Lipinski definition) is 2. The number of aliphatic carboxylic acids is 1. The van der Waals surface area contributed by atoms with Crippen LogP contribution in [0.15, 0.2) is 18.2 Å². The lowest BCUT2D eigenvalue weighted by Gasteiger charge is -2.11. The number of carbonyl (C=O) groups is 1. The summed E-state index contributed by atoms with van der Waals surface area (Å²) in [7, 11) is 3.14. The average Bonchev–Trinajstić information content (AvgIpc) is 2.35. The van der Waals surface area contributed by atoms with E-state index in [4.69, 9.17) is 20.3 Å². The van der Waals surface area contributed by atoms with Gasteiger partial charge in [-0.3, -0.25) is 4.79 Å². The summed E-state index contributed by atoms with van der Waals surface area (Å²) in [5.74, 6) is 0.396. The van der Waals surface area contributed by atoms with E-state index in [0.717, 1.165) is 5.56 Å². The molecule has 0 spiro atoms. The SMILES string of the molecule is COc1ccc(CC[C@@H](N)C(=O)O)c(OC)c1. The molecule has 0 aromatic heterocycles. The van der Waals surface area contributed by atoms with E-state index < -0.39 is 12.0 Å². The first-order chi connectivity index (χ1) is 8.08. The maximum absolute atomic E-state index is 10.6. The molecule has 1 aromatic carbocycles. The summed E-state index contributed by atoms with van der Waals surface area (Å²) < 4.78 is 10.3. The van der Waals surface area contributed by atoms with Gasteiger partial charge in [-0.2, -0.15) is 0 Å². The van der Waals surface area contributed by atoms with Gasteiger partial charge in [0, 0.05) is 6.07 Å². The summed E-state index contributed by atoms with van der Waals surface area (Å²) in [4.78, 5) is 10.6. The van der Waals surface area contributed by atoms with Gasteiger partial charge in [0.2, 0.25) is 0 Å². The molecule has 0 fully saturated rings. The van der Waals surface area contributed by atoms with Crippen molar-refractivity contribution in [2.45, 2.75) is 18.9 Å². The lowest BCUT2D eigenvalue weighted by molar-refractivity contribution is -0.138. The highest BCUT2D eigenvalue weighted by Crippen LogP contribution is 2.25. The average molecular weight is 239 g/mol. The van der Waals surface area contributed by atoms with E-state index in [1.165, 1.54) is 0 Å². The highest BCUT2D eigenvalue weighted by molar-refractivity contribution is 5.73. The van der Waals surface area contributed by atoms with Gasteiger partial charge >= 0.3 is 5.97 Å². The molecular weight excluding hydrogens is 222 g/mol. The molecule has 0 amide bonds. The fraction of sp³-hybridized carbons (Fsp3) is 0.417. The number of ether oxygens (including phenoxy) is 2. The van der Waals surface area contributed by atoms with Crippen molar-refractivity contribution in [3.63, 3.8) is 0 Å². The second kappa shape index (κ2) is 6.10. The fourth-order valence-electron chi connectivity index (χ4n) is 1.49. The molecule has 0 aliphatic heterocycles. The molecule has 0 saturated heterocycles. The summed E-state index contributed by atoms with van der Waals surface area (Å²) in [5.41, 5.74) is 6.37. The molecular formula is C12H17NO4. The van der Waals surface area contributed by atoms with Gasteiger partial charge in [-0.05, 0) is 24.5 Å². The number of methoxy groups -OCH3 is 2. The minimum atomic E-state index is -0.988. The molecule has 1 rings (SSSR count). The molecule has 1 atom stereocenters. The summed E-state index contributed by atoms with van der Waals surface area (Å²) in [5, 5.41) is 8.69. The molecule has 3 N–H and O–H groups in total. The Labute approximate surface area is 100 Å². The minimum Gasteiger partial charge on any atom is -0.497 e. The normalized spacial score (nSPS) is 11.9. The predicted molar refractivity (Wildman–Crippen MR) is 63.5 cm³/mol. The van der Waals surface area contributed by atoms with Crippen LogP contribution in [-0.2, 0) is 11.2 Å². The quantitative estimate of drug-likeness (QED) is 0.775. The van der Waals surface area contributed by atoms with Crippen LogP contribution in [0.4, 0.5) is 0 Å². The molecule has 0 bridgehead atoms. The van der Waals surface area contributed by atoms with Crippen LogP contribution in [-0.4, -0.2) is 31.3 Å². The summed E-state index contributed by atoms with van der Waals surface area (Å²) in [6.07, 6.45) is 0.929. The van der Waals surface area contributed by atoms with Crippen molar-refractivity contribution in [1.82, 2.24) is 0 Å². The number of carboxylic acid groups (broad SMARTS) is 1. The second-order valence-corrected chi connectivity index (χ2v) is 3.66. The van der Waals surface area contributed by atoms with E-state index in [9.17, 15) is 4.79 Å². The molecule has 0 aliphatic carbocycles. The van der Waals surface area contributed by atoms with E-state index in [-0.39, 0.29) is 0 Å². The van der Waals surface area contributed by atoms with E-state index in [1.54, 1.807) is 20.3 Å². The van der Waals surface area contributed by atoms with Crippen LogP contribution in [0.5, 0.6) is 11.5 Å². The fourth-order valence-corrected chi connectivity index (χ4v) is 1.49. The molecule has 5 heteroatoms. The van der Waals surface area contributed by atoms with E-state index in [0.29, 0.717) is 24.3 Å². The standard InChI is InChI=1S/C12H17NO4/c1-16-9-5-3-8(11(7-9)17-2)4-6-10(13)12(14)15/h3,5,7,10H,4,6,13H2,1-2H3,(H,14,15)/t10-/m1/s1. The summed E-state index contributed by atoms with van der Waals surface area (Å²) in [6, 6.07) is 4.58. The van der Waals surface area contributed by atoms with Gasteiger partial charge in [-0.15, -0.1) is 0 Å². The third-order valence-electron chi connectivity index (χ3n) is 2.54. The Bertz CT molecular complexity index is 392. The molecule has 0 radical (unpaired) electrons. The van der Waals surface area contributed by atoms with Crippen LogP contribution in [0.2, 0.25) is 0 Å². The molecule has 0 unspecified atom stereocenters. The van der Waals surface area contributed by atoms with Crippen LogP contribution in [0, 0.1) is 0 Å². The maximum Gasteiger partial charge on any atom is 0.320 e. The number of hydrogen-bond acceptors (Lipinski definition) is 4. The largest absolute Gasteiger partial charge is 0.497 e. The van der Waals surface area contributed by atoms with Crippen LogP contribution >= 0.6 is 0 Å². The van der Waals surface area contributed by atoms with Crippen LogP contribution < -0.4 is 15.2 Å². The Kier molecular flexibility index (Phi) is 4.78. The molecule has 5 nitrogen and oxygen atoms in total. The van der Waals surface area contributed by atoms with E-state index >= 15 is 0 Å². The van der Waals surface area contributed by atoms with Crippen molar-refractivity contribution < 1.29 is 19.4 Å². The van der Waals surface area contributed by atoms with Gasteiger partial charge < -0.3 is 20.3 Å². The van der Waals surface area contributed by atoms with Gasteiger partial charge in [0.1, 0.15) is 17.5 Å². The number of aryl methyl sites for hydroxylation is 1. The Morgan fingerprint density at radius 1 is 1.41 bits per heavy atom. The monoisotopic (exact) mass is 239 g/mol. The first kappa shape index (κ1) is 13.3. The van der Waals surface area contributed by atoms with Crippen LogP contribution in [0.3, 0.4) is 0 Å². The van der Waals surface area contributed by atoms with Gasteiger partial charge in [-0.1, -0.05) is 6.07 Å². The third-order valence-corrected chi connectivity index (χ3v) is 2.54. The van der Waals surface area contributed by atoms with Gasteiger partial charge in [-0.25, -0.2) is 0 Å². The molecule has 94 valence electrons. The van der Waals surface area contributed by atoms with E-state index in [2.05, 4.69) is 0 Å². The zero-order valence-corrected chi connectivity index (χ0v) is 9.97. The van der Waals surface area contributed by atoms with Crippen molar-refractivity contribution in [3.8, 4) is 11.5 Å². The molecule has 0 aliphatic rings. The topological polar surface area (TPSA) is 81.8 Å². The van der Waals surface area contributed by atoms with Crippen molar-refractivity contribution in [2.24, 2.45) is 5.73 Å². The number of nitrogens with two attached hydrogens (primary N) is 1. The Morgan fingerprint density at radius 2 is 2.12 bits per heavy atom. The zero-order chi connectivity index (χ0) is 12.8. The van der Waals surface area contributed by atoms with Crippen LogP contribution in [0.1, 0.15) is 12.0 Å². The number of benzene rings is 1. The first-order valence-corrected chi connectivity index (χ1v) is 5.27. The predicted octanol–water partition coefficient (Wildman–Crippen LogP) is 1.05. The lowest BCUT2D eigenvalue weighted by atomic mass is 10.0. The smallest absolute Gasteiger partial charge is 0.320 e. The van der Waals surface area contributed by atoms with Gasteiger partial charge in [0.25, 0.3) is 0 Å². The van der Waals surface area contributed by atoms with Crippen molar-refractivity contribution in [1.29, 1.82) is 0 Å². The van der Waals surface area contributed by atoms with Crippen LogP contribution in [0.25, 0.3) is 0 Å². The number of rotatable bonds is 6. The molecule has 0 heterocycles. The maximum atomic E-state index is 10.6. The summed E-state index contributed by atoms with van der Waals surface area (Å²) in [6.45, 7) is 0. The highest BCUT2D eigenvalue weighted by Gasteiger charge is 2.13. The summed E-state index contributed by atoms with van der Waals surface area (Å²) >= 11 is 0. The third kappa shape index (κ3) is 3.64. The molecule has 0 saturated carbocycles. The van der Waals surface area contributed by atoms with Crippen molar-refractivity contribution in [2.75, 3.05) is 14.2 Å². The Hall–Kier alpha value is -1.75. The van der Waals surface area contributed by atoms with Gasteiger partial charge in [0.05, 0.1) is 14.2 Å². The molecule has 17 heavy (non-hydrogen) atoms. The van der Waals surface area contributed by atoms with E-state index in [1.807, 2.05) is 12.1 Å². The van der Waals surface area contributed by atoms with Crippen molar-refractivity contribution in [3.05, 3.63) is 23.8 Å². The van der Waals surface area contributed by atoms with Gasteiger partial charge in [0.15, 0.2) is 0 Å². The first-order valence-electron chi connectivity index (χ1n) is 5.27. The van der Waals surface area contributed by atoms with Crippen molar-refractivity contribution >= 4 is 5.97 Å². The highest BCUT2D eigenvalue weighted by atomic mass is 16.5.